The second kappa shape index (κ2) is 8.97. The minimum absolute atomic E-state index is 0.105. The fraction of sp³-hybridized carbons (Fsp3) is 0.300. The van der Waals surface area contributed by atoms with Crippen molar-refractivity contribution in [2.75, 3.05) is 5.32 Å². The van der Waals surface area contributed by atoms with E-state index in [9.17, 15) is 14.0 Å². The van der Waals surface area contributed by atoms with Crippen LogP contribution in [-0.2, 0) is 16.0 Å². The first-order valence-electron chi connectivity index (χ1n) is 8.36. The molecule has 0 saturated carbocycles. The molecule has 1 atom stereocenters. The van der Waals surface area contributed by atoms with Crippen LogP contribution in [0.1, 0.15) is 30.9 Å². The Morgan fingerprint density at radius 1 is 1.08 bits per heavy atom. The standard InChI is InChI=1S/C20H23FN2O2/c1-14-8-3-4-9-16(14)10-7-13-19(24)22-15(2)20(25)23-18-12-6-5-11-17(18)21/h3-6,8-9,11-12,15H,7,10,13H2,1-2H3,(H,22,24)(H,23,25). The molecule has 0 saturated heterocycles. The van der Waals surface area contributed by atoms with Crippen LogP contribution >= 0.6 is 0 Å². The van der Waals surface area contributed by atoms with Gasteiger partial charge in [-0.05, 0) is 49.9 Å². The number of carbonyl (C=O) groups excluding carboxylic acids is 2. The molecule has 0 radical (unpaired) electrons. The van der Waals surface area contributed by atoms with Gasteiger partial charge >= 0.3 is 0 Å². The molecular formula is C20H23FN2O2. The predicted octanol–water partition coefficient (Wildman–Crippen LogP) is 3.60. The van der Waals surface area contributed by atoms with Crippen LogP contribution in [0.4, 0.5) is 10.1 Å². The highest BCUT2D eigenvalue weighted by atomic mass is 19.1. The van der Waals surface area contributed by atoms with Gasteiger partial charge in [-0.3, -0.25) is 9.59 Å². The Kier molecular flexibility index (Phi) is 6.69. The maximum Gasteiger partial charge on any atom is 0.246 e. The number of hydrogen-bond acceptors (Lipinski definition) is 2. The minimum atomic E-state index is -0.731. The van der Waals surface area contributed by atoms with Crippen LogP contribution in [0.15, 0.2) is 48.5 Å². The van der Waals surface area contributed by atoms with Gasteiger partial charge in [-0.2, -0.15) is 0 Å². The summed E-state index contributed by atoms with van der Waals surface area (Å²) in [7, 11) is 0. The summed E-state index contributed by atoms with van der Waals surface area (Å²) >= 11 is 0. The average molecular weight is 342 g/mol. The second-order valence-corrected chi connectivity index (χ2v) is 6.04. The van der Waals surface area contributed by atoms with Crippen LogP contribution in [0.3, 0.4) is 0 Å². The quantitative estimate of drug-likeness (QED) is 0.808. The summed E-state index contributed by atoms with van der Waals surface area (Å²) in [4.78, 5) is 24.0. The Hall–Kier alpha value is -2.69. The van der Waals surface area contributed by atoms with Gasteiger partial charge in [0, 0.05) is 6.42 Å². The molecule has 2 N–H and O–H groups in total. The van der Waals surface area contributed by atoms with Gasteiger partial charge in [-0.1, -0.05) is 36.4 Å². The van der Waals surface area contributed by atoms with Crippen molar-refractivity contribution >= 4 is 17.5 Å². The molecule has 2 aromatic rings. The smallest absolute Gasteiger partial charge is 0.246 e. The van der Waals surface area contributed by atoms with Gasteiger partial charge in [0.25, 0.3) is 0 Å². The van der Waals surface area contributed by atoms with E-state index >= 15 is 0 Å². The molecule has 1 unspecified atom stereocenters. The summed E-state index contributed by atoms with van der Waals surface area (Å²) < 4.78 is 13.5. The molecule has 0 spiro atoms. The number of halogens is 1. The van der Waals surface area contributed by atoms with E-state index in [-0.39, 0.29) is 11.6 Å². The number of amides is 2. The lowest BCUT2D eigenvalue weighted by Gasteiger charge is -2.14. The van der Waals surface area contributed by atoms with Gasteiger partial charge < -0.3 is 10.6 Å². The number of anilines is 1. The van der Waals surface area contributed by atoms with Crippen LogP contribution < -0.4 is 10.6 Å². The van der Waals surface area contributed by atoms with Crippen molar-refractivity contribution < 1.29 is 14.0 Å². The highest BCUT2D eigenvalue weighted by molar-refractivity contribution is 5.96. The summed E-state index contributed by atoms with van der Waals surface area (Å²) in [6, 6.07) is 13.3. The Morgan fingerprint density at radius 3 is 2.48 bits per heavy atom. The summed E-state index contributed by atoms with van der Waals surface area (Å²) in [5, 5.41) is 5.12. The lowest BCUT2D eigenvalue weighted by molar-refractivity contribution is -0.126. The molecular weight excluding hydrogens is 319 g/mol. The fourth-order valence-electron chi connectivity index (χ4n) is 2.51. The Balaban J connectivity index is 1.77. The van der Waals surface area contributed by atoms with Crippen molar-refractivity contribution in [2.24, 2.45) is 0 Å². The highest BCUT2D eigenvalue weighted by Crippen LogP contribution is 2.13. The topological polar surface area (TPSA) is 58.2 Å². The summed E-state index contributed by atoms with van der Waals surface area (Å²) in [5.41, 5.74) is 2.54. The fourth-order valence-corrected chi connectivity index (χ4v) is 2.51. The van der Waals surface area contributed by atoms with Crippen LogP contribution in [0.25, 0.3) is 0 Å². The largest absolute Gasteiger partial charge is 0.345 e. The monoisotopic (exact) mass is 342 g/mol. The molecule has 2 rings (SSSR count). The van der Waals surface area contributed by atoms with Gasteiger partial charge in [0.1, 0.15) is 11.9 Å². The van der Waals surface area contributed by atoms with Crippen molar-refractivity contribution in [3.8, 4) is 0 Å². The lowest BCUT2D eigenvalue weighted by atomic mass is 10.0. The third-order valence-corrected chi connectivity index (χ3v) is 4.01. The highest BCUT2D eigenvalue weighted by Gasteiger charge is 2.16. The zero-order chi connectivity index (χ0) is 18.2. The number of rotatable bonds is 7. The van der Waals surface area contributed by atoms with Crippen molar-refractivity contribution in [1.82, 2.24) is 5.32 Å². The molecule has 0 heterocycles. The van der Waals surface area contributed by atoms with Crippen LogP contribution in [0, 0.1) is 12.7 Å². The zero-order valence-electron chi connectivity index (χ0n) is 14.5. The molecule has 2 aromatic carbocycles. The average Bonchev–Trinajstić information content (AvgIpc) is 2.58. The van der Waals surface area contributed by atoms with Gasteiger partial charge in [0.2, 0.25) is 11.8 Å². The number of nitrogens with one attached hydrogen (secondary N) is 2. The molecule has 2 amide bonds. The lowest BCUT2D eigenvalue weighted by Crippen LogP contribution is -2.41. The second-order valence-electron chi connectivity index (χ2n) is 6.04. The van der Waals surface area contributed by atoms with Crippen molar-refractivity contribution in [3.63, 3.8) is 0 Å². The first-order chi connectivity index (χ1) is 12.0. The Labute approximate surface area is 147 Å². The molecule has 0 aliphatic carbocycles. The molecule has 4 nitrogen and oxygen atoms in total. The van der Waals surface area contributed by atoms with Gasteiger partial charge in [0.05, 0.1) is 5.69 Å². The van der Waals surface area contributed by atoms with Crippen molar-refractivity contribution in [3.05, 3.63) is 65.5 Å². The van der Waals surface area contributed by atoms with E-state index in [0.29, 0.717) is 12.8 Å². The Bertz CT molecular complexity index is 746. The number of hydrogen-bond donors (Lipinski definition) is 2. The van der Waals surface area contributed by atoms with E-state index in [1.54, 1.807) is 19.1 Å². The van der Waals surface area contributed by atoms with Gasteiger partial charge in [0.15, 0.2) is 0 Å². The molecule has 132 valence electrons. The van der Waals surface area contributed by atoms with Crippen LogP contribution in [-0.4, -0.2) is 17.9 Å². The number of para-hydroxylation sites is 1. The summed E-state index contributed by atoms with van der Waals surface area (Å²) in [6.07, 6.45) is 1.86. The maximum atomic E-state index is 13.5. The maximum absolute atomic E-state index is 13.5. The molecule has 0 aliphatic heterocycles. The van der Waals surface area contributed by atoms with E-state index in [4.69, 9.17) is 0 Å². The van der Waals surface area contributed by atoms with E-state index in [2.05, 4.69) is 16.7 Å². The van der Waals surface area contributed by atoms with Crippen LogP contribution in [0.2, 0.25) is 0 Å². The molecule has 0 aliphatic rings. The predicted molar refractivity (Wildman–Crippen MR) is 96.8 cm³/mol. The molecule has 5 heteroatoms. The zero-order valence-corrected chi connectivity index (χ0v) is 14.5. The summed E-state index contributed by atoms with van der Waals surface area (Å²) in [5.74, 6) is -1.14. The Morgan fingerprint density at radius 2 is 1.76 bits per heavy atom. The molecule has 0 bridgehead atoms. The van der Waals surface area contributed by atoms with Gasteiger partial charge in [-0.25, -0.2) is 4.39 Å². The third-order valence-electron chi connectivity index (χ3n) is 4.01. The molecule has 0 fully saturated rings. The molecule has 25 heavy (non-hydrogen) atoms. The third kappa shape index (κ3) is 5.71. The summed E-state index contributed by atoms with van der Waals surface area (Å²) in [6.45, 7) is 3.62. The molecule has 0 aromatic heterocycles. The van der Waals surface area contributed by atoms with Gasteiger partial charge in [-0.15, -0.1) is 0 Å². The first kappa shape index (κ1) is 18.6. The van der Waals surface area contributed by atoms with E-state index in [0.717, 1.165) is 6.42 Å². The number of aryl methyl sites for hydroxylation is 2. The minimum Gasteiger partial charge on any atom is -0.345 e. The first-order valence-corrected chi connectivity index (χ1v) is 8.36. The van der Waals surface area contributed by atoms with Crippen LogP contribution in [0.5, 0.6) is 0 Å². The van der Waals surface area contributed by atoms with Crippen molar-refractivity contribution in [1.29, 1.82) is 0 Å². The van der Waals surface area contributed by atoms with Crippen molar-refractivity contribution in [2.45, 2.75) is 39.2 Å². The van der Waals surface area contributed by atoms with E-state index < -0.39 is 17.8 Å². The number of carbonyl (C=O) groups is 2. The number of benzene rings is 2. The normalized spacial score (nSPS) is 11.6. The van der Waals surface area contributed by atoms with E-state index in [1.807, 2.05) is 25.1 Å². The SMILES string of the molecule is Cc1ccccc1CCCC(=O)NC(C)C(=O)Nc1ccccc1F. The van der Waals surface area contributed by atoms with E-state index in [1.165, 1.54) is 23.3 Å².